The third kappa shape index (κ3) is 3.79. The molecule has 146 valence electrons. The van der Waals surface area contributed by atoms with E-state index in [-0.39, 0.29) is 5.56 Å². The van der Waals surface area contributed by atoms with E-state index in [1.165, 1.54) is 21.6 Å². The molecule has 0 fully saturated rings. The van der Waals surface area contributed by atoms with E-state index >= 15 is 0 Å². The molecule has 0 bridgehead atoms. The van der Waals surface area contributed by atoms with Crippen LogP contribution in [0.1, 0.15) is 11.1 Å². The van der Waals surface area contributed by atoms with E-state index in [1.54, 1.807) is 0 Å². The number of benzene rings is 2. The molecule has 4 rings (SSSR count). The lowest BCUT2D eigenvalue weighted by Gasteiger charge is -2.11. The van der Waals surface area contributed by atoms with E-state index in [9.17, 15) is 4.79 Å². The number of aryl methyl sites for hydroxylation is 1. The molecule has 0 atom stereocenters. The first-order valence-corrected chi connectivity index (χ1v) is 10.1. The molecule has 2 aromatic heterocycles. The summed E-state index contributed by atoms with van der Waals surface area (Å²) < 4.78 is 1.46. The normalized spacial score (nSPS) is 11.8. The molecule has 0 aliphatic rings. The number of nitrogens with one attached hydrogen (secondary N) is 1. The first-order chi connectivity index (χ1) is 13.9. The maximum absolute atomic E-state index is 13.0. The quantitative estimate of drug-likeness (QED) is 0.571. The summed E-state index contributed by atoms with van der Waals surface area (Å²) in [6, 6.07) is 16.2. The smallest absolute Gasteiger partial charge is 0.281 e. The lowest BCUT2D eigenvalue weighted by atomic mass is 10.1. The molecule has 4 aromatic rings. The van der Waals surface area contributed by atoms with Crippen LogP contribution in [0.25, 0.3) is 29.0 Å². The van der Waals surface area contributed by atoms with Crippen LogP contribution in [0.2, 0.25) is 0 Å². The molecule has 0 unspecified atom stereocenters. The van der Waals surface area contributed by atoms with Gasteiger partial charge in [-0.25, -0.2) is 4.98 Å². The first kappa shape index (κ1) is 19.0. The Balaban J connectivity index is 1.72. The fourth-order valence-corrected chi connectivity index (χ4v) is 3.83. The van der Waals surface area contributed by atoms with Gasteiger partial charge < -0.3 is 4.90 Å². The number of hydrogen-bond donors (Lipinski definition) is 1. The number of anilines is 1. The highest BCUT2D eigenvalue weighted by molar-refractivity contribution is 7.12. The Labute approximate surface area is 172 Å². The SMILES string of the molecule is C=c1[nH]n(-c2nc(-c3ccc(C)cc3)cs2)c(=O)/c1=C/c1ccc(N(C)C)cc1. The van der Waals surface area contributed by atoms with Crippen LogP contribution >= 0.6 is 11.3 Å². The minimum atomic E-state index is -0.156. The topological polar surface area (TPSA) is 53.9 Å². The molecule has 6 heteroatoms. The molecule has 0 saturated heterocycles. The molecule has 0 aliphatic carbocycles. The maximum atomic E-state index is 13.0. The van der Waals surface area contributed by atoms with Crippen molar-refractivity contribution in [2.75, 3.05) is 19.0 Å². The number of H-pyrrole nitrogens is 1. The first-order valence-electron chi connectivity index (χ1n) is 9.24. The van der Waals surface area contributed by atoms with Crippen molar-refractivity contribution in [3.05, 3.63) is 86.0 Å². The fraction of sp³-hybridized carbons (Fsp3) is 0.130. The maximum Gasteiger partial charge on any atom is 0.281 e. The number of aromatic amines is 1. The Morgan fingerprint density at radius 1 is 1.10 bits per heavy atom. The Bertz CT molecular complexity index is 1310. The van der Waals surface area contributed by atoms with Gasteiger partial charge >= 0.3 is 0 Å². The van der Waals surface area contributed by atoms with Crippen LogP contribution < -0.4 is 21.0 Å². The van der Waals surface area contributed by atoms with Crippen molar-refractivity contribution in [3.8, 4) is 16.4 Å². The van der Waals surface area contributed by atoms with Crippen LogP contribution in [-0.2, 0) is 0 Å². The van der Waals surface area contributed by atoms with Crippen LogP contribution in [0.4, 0.5) is 5.69 Å². The molecule has 2 aromatic carbocycles. The van der Waals surface area contributed by atoms with Gasteiger partial charge in [-0.1, -0.05) is 48.5 Å². The number of nitrogens with zero attached hydrogens (tertiary/aromatic N) is 3. The summed E-state index contributed by atoms with van der Waals surface area (Å²) in [6.45, 7) is 6.06. The highest BCUT2D eigenvalue weighted by Gasteiger charge is 2.10. The van der Waals surface area contributed by atoms with Crippen LogP contribution in [0.3, 0.4) is 0 Å². The number of rotatable bonds is 4. The van der Waals surface area contributed by atoms with Crippen molar-refractivity contribution in [3.63, 3.8) is 0 Å². The Kier molecular flexibility index (Phi) is 4.94. The van der Waals surface area contributed by atoms with E-state index in [0.717, 1.165) is 22.5 Å². The summed E-state index contributed by atoms with van der Waals surface area (Å²) in [5.41, 5.74) is 4.97. The largest absolute Gasteiger partial charge is 0.378 e. The van der Waals surface area contributed by atoms with Gasteiger partial charge in [-0.3, -0.25) is 9.89 Å². The molecule has 2 heterocycles. The summed E-state index contributed by atoms with van der Waals surface area (Å²) in [7, 11) is 3.99. The summed E-state index contributed by atoms with van der Waals surface area (Å²) in [5.74, 6) is 0. The zero-order chi connectivity index (χ0) is 20.5. The molecule has 5 nitrogen and oxygen atoms in total. The van der Waals surface area contributed by atoms with Gasteiger partial charge in [0.05, 0.1) is 16.3 Å². The number of hydrogen-bond acceptors (Lipinski definition) is 4. The second-order valence-electron chi connectivity index (χ2n) is 7.16. The molecule has 0 aliphatic heterocycles. The van der Waals surface area contributed by atoms with Crippen molar-refractivity contribution < 1.29 is 0 Å². The van der Waals surface area contributed by atoms with E-state index in [2.05, 4.69) is 35.7 Å². The van der Waals surface area contributed by atoms with Crippen molar-refractivity contribution in [1.29, 1.82) is 0 Å². The van der Waals surface area contributed by atoms with Crippen LogP contribution in [-0.4, -0.2) is 28.9 Å². The van der Waals surface area contributed by atoms with Gasteiger partial charge in [0.15, 0.2) is 0 Å². The lowest BCUT2D eigenvalue weighted by Crippen LogP contribution is -2.33. The Morgan fingerprint density at radius 3 is 2.45 bits per heavy atom. The highest BCUT2D eigenvalue weighted by Crippen LogP contribution is 2.23. The van der Waals surface area contributed by atoms with E-state index in [0.29, 0.717) is 15.7 Å². The minimum Gasteiger partial charge on any atom is -0.378 e. The average molecular weight is 403 g/mol. The zero-order valence-electron chi connectivity index (χ0n) is 16.6. The molecule has 29 heavy (non-hydrogen) atoms. The second-order valence-corrected chi connectivity index (χ2v) is 7.99. The van der Waals surface area contributed by atoms with Crippen molar-refractivity contribution in [1.82, 2.24) is 14.8 Å². The fourth-order valence-electron chi connectivity index (χ4n) is 3.04. The average Bonchev–Trinajstić information content (AvgIpc) is 3.29. The van der Waals surface area contributed by atoms with Crippen LogP contribution in [0.15, 0.2) is 58.7 Å². The van der Waals surface area contributed by atoms with Gasteiger partial charge in [-0.15, -0.1) is 11.3 Å². The molecule has 1 N–H and O–H groups in total. The number of aromatic nitrogens is 3. The van der Waals surface area contributed by atoms with E-state index < -0.39 is 0 Å². The van der Waals surface area contributed by atoms with Crippen LogP contribution in [0, 0.1) is 6.92 Å². The molecular weight excluding hydrogens is 380 g/mol. The number of thiazole rings is 1. The molecule has 0 spiro atoms. The van der Waals surface area contributed by atoms with Gasteiger partial charge in [-0.05, 0) is 30.7 Å². The summed E-state index contributed by atoms with van der Waals surface area (Å²) in [4.78, 5) is 19.7. The van der Waals surface area contributed by atoms with Gasteiger partial charge in [0.2, 0.25) is 5.13 Å². The molecule has 0 radical (unpaired) electrons. The molecular formula is C23H22N4OS. The molecule has 0 amide bonds. The monoisotopic (exact) mass is 402 g/mol. The van der Waals surface area contributed by atoms with Gasteiger partial charge in [0, 0.05) is 30.7 Å². The summed E-state index contributed by atoms with van der Waals surface area (Å²) in [6.07, 6.45) is 1.85. The van der Waals surface area contributed by atoms with Crippen molar-refractivity contribution >= 4 is 29.7 Å². The third-order valence-electron chi connectivity index (χ3n) is 4.76. The predicted octanol–water partition coefficient (Wildman–Crippen LogP) is 2.90. The molecule has 0 saturated carbocycles. The Hall–Kier alpha value is -3.38. The Morgan fingerprint density at radius 2 is 1.79 bits per heavy atom. The minimum absolute atomic E-state index is 0.156. The highest BCUT2D eigenvalue weighted by atomic mass is 32.1. The predicted molar refractivity (Wildman–Crippen MR) is 121 cm³/mol. The van der Waals surface area contributed by atoms with Crippen molar-refractivity contribution in [2.24, 2.45) is 0 Å². The van der Waals surface area contributed by atoms with Gasteiger partial charge in [-0.2, -0.15) is 4.68 Å². The summed E-state index contributed by atoms with van der Waals surface area (Å²) in [5, 5.41) is 6.71. The summed E-state index contributed by atoms with van der Waals surface area (Å²) >= 11 is 1.42. The standard InChI is InChI=1S/C23H22N4OS/c1-15-5-9-18(10-6-15)21-14-29-23(24-21)27-22(28)20(16(2)25-27)13-17-7-11-19(12-8-17)26(3)4/h5-14,25H,2H2,1,3-4H3/b20-13+. The van der Waals surface area contributed by atoms with E-state index in [1.807, 2.05) is 66.8 Å². The van der Waals surface area contributed by atoms with Gasteiger partial charge in [0.25, 0.3) is 5.56 Å². The van der Waals surface area contributed by atoms with Crippen LogP contribution in [0.5, 0.6) is 0 Å². The second kappa shape index (κ2) is 7.56. The zero-order valence-corrected chi connectivity index (χ0v) is 17.5. The lowest BCUT2D eigenvalue weighted by molar-refractivity contribution is 0.830. The van der Waals surface area contributed by atoms with Crippen molar-refractivity contribution in [2.45, 2.75) is 6.92 Å². The third-order valence-corrected chi connectivity index (χ3v) is 5.58. The van der Waals surface area contributed by atoms with Gasteiger partial charge in [0.1, 0.15) is 0 Å². The van der Waals surface area contributed by atoms with E-state index in [4.69, 9.17) is 0 Å².